The van der Waals surface area contributed by atoms with Crippen LogP contribution in [0.5, 0.6) is 0 Å². The maximum absolute atomic E-state index is 10.7. The molecule has 0 saturated carbocycles. The van der Waals surface area contributed by atoms with Crippen molar-refractivity contribution in [2.45, 2.75) is 6.92 Å². The highest BCUT2D eigenvalue weighted by Gasteiger charge is 1.95. The highest BCUT2D eigenvalue weighted by molar-refractivity contribution is 5.77. The maximum Gasteiger partial charge on any atom is 0.427 e. The average Bonchev–Trinajstić information content (AvgIpc) is 2.57. The zero-order chi connectivity index (χ0) is 9.52. The number of amides is 1. The first-order valence-corrected chi connectivity index (χ1v) is 3.82. The average molecular weight is 182 g/mol. The molecule has 0 aliphatic heterocycles. The minimum Gasteiger partial charge on any atom is -0.463 e. The van der Waals surface area contributed by atoms with Gasteiger partial charge in [0.15, 0.2) is 0 Å². The van der Waals surface area contributed by atoms with Crippen molar-refractivity contribution in [2.24, 2.45) is 5.10 Å². The van der Waals surface area contributed by atoms with E-state index in [0.717, 1.165) is 0 Å². The van der Waals surface area contributed by atoms with E-state index in [1.54, 1.807) is 19.1 Å². The first-order valence-electron chi connectivity index (χ1n) is 3.82. The van der Waals surface area contributed by atoms with Gasteiger partial charge in [-0.25, -0.2) is 10.2 Å². The largest absolute Gasteiger partial charge is 0.463 e. The number of hydrogen-bond donors (Lipinski definition) is 1. The quantitative estimate of drug-likeness (QED) is 0.567. The van der Waals surface area contributed by atoms with E-state index in [-0.39, 0.29) is 0 Å². The SMILES string of the molecule is CCOC(=O)NN=Cc1ccco1. The molecule has 1 N–H and O–H groups in total. The number of furan rings is 1. The van der Waals surface area contributed by atoms with Crippen LogP contribution in [0.3, 0.4) is 0 Å². The molecule has 70 valence electrons. The summed E-state index contributed by atoms with van der Waals surface area (Å²) in [6, 6.07) is 3.45. The van der Waals surface area contributed by atoms with Crippen LogP contribution in [0, 0.1) is 0 Å². The molecule has 1 amide bonds. The molecule has 0 unspecified atom stereocenters. The number of rotatable bonds is 3. The third-order valence-electron chi connectivity index (χ3n) is 1.17. The van der Waals surface area contributed by atoms with Crippen LogP contribution >= 0.6 is 0 Å². The zero-order valence-electron chi connectivity index (χ0n) is 7.19. The van der Waals surface area contributed by atoms with Crippen LogP contribution in [0.25, 0.3) is 0 Å². The second kappa shape index (κ2) is 4.97. The standard InChI is InChI=1S/C8H10N2O3/c1-2-12-8(11)10-9-6-7-4-3-5-13-7/h3-6H,2H2,1H3,(H,10,11). The van der Waals surface area contributed by atoms with Crippen molar-refractivity contribution < 1.29 is 13.9 Å². The van der Waals surface area contributed by atoms with Gasteiger partial charge in [-0.1, -0.05) is 0 Å². The summed E-state index contributed by atoms with van der Waals surface area (Å²) in [5.74, 6) is 0.566. The fraction of sp³-hybridized carbons (Fsp3) is 0.250. The number of carbonyl (C=O) groups is 1. The summed E-state index contributed by atoms with van der Waals surface area (Å²) < 4.78 is 9.50. The van der Waals surface area contributed by atoms with E-state index in [4.69, 9.17) is 4.42 Å². The van der Waals surface area contributed by atoms with E-state index in [1.807, 2.05) is 0 Å². The predicted octanol–water partition coefficient (Wildman–Crippen LogP) is 1.36. The first-order chi connectivity index (χ1) is 6.33. The lowest BCUT2D eigenvalue weighted by atomic mass is 10.5. The van der Waals surface area contributed by atoms with Gasteiger partial charge in [-0.15, -0.1) is 0 Å². The summed E-state index contributed by atoms with van der Waals surface area (Å²) in [7, 11) is 0. The number of ether oxygens (including phenoxy) is 1. The molecule has 5 nitrogen and oxygen atoms in total. The van der Waals surface area contributed by atoms with Gasteiger partial charge in [0.05, 0.1) is 19.1 Å². The lowest BCUT2D eigenvalue weighted by molar-refractivity contribution is 0.152. The highest BCUT2D eigenvalue weighted by Crippen LogP contribution is 1.94. The predicted molar refractivity (Wildman–Crippen MR) is 46.5 cm³/mol. The molecule has 0 bridgehead atoms. The van der Waals surface area contributed by atoms with Crippen molar-refractivity contribution in [1.82, 2.24) is 5.43 Å². The number of nitrogens with zero attached hydrogens (tertiary/aromatic N) is 1. The lowest BCUT2D eigenvalue weighted by Crippen LogP contribution is -2.18. The van der Waals surface area contributed by atoms with Crippen LogP contribution < -0.4 is 5.43 Å². The van der Waals surface area contributed by atoms with E-state index in [9.17, 15) is 4.79 Å². The Bertz CT molecular complexity index is 280. The first kappa shape index (κ1) is 9.31. The maximum atomic E-state index is 10.7. The normalized spacial score (nSPS) is 10.2. The molecule has 5 heteroatoms. The van der Waals surface area contributed by atoms with Gasteiger partial charge in [0.1, 0.15) is 5.76 Å². The molecule has 1 aromatic heterocycles. The number of hydrogen-bond acceptors (Lipinski definition) is 4. The van der Waals surface area contributed by atoms with Crippen molar-refractivity contribution in [3.63, 3.8) is 0 Å². The number of carbonyl (C=O) groups excluding carboxylic acids is 1. The highest BCUT2D eigenvalue weighted by atomic mass is 16.5. The fourth-order valence-corrected chi connectivity index (χ4v) is 0.677. The van der Waals surface area contributed by atoms with Gasteiger partial charge < -0.3 is 9.15 Å². The molecule has 0 aliphatic carbocycles. The molecular formula is C8H10N2O3. The van der Waals surface area contributed by atoms with Crippen molar-refractivity contribution in [3.8, 4) is 0 Å². The van der Waals surface area contributed by atoms with E-state index in [2.05, 4.69) is 15.3 Å². The summed E-state index contributed by atoms with van der Waals surface area (Å²) in [5, 5.41) is 3.59. The van der Waals surface area contributed by atoms with Crippen molar-refractivity contribution in [1.29, 1.82) is 0 Å². The smallest absolute Gasteiger partial charge is 0.427 e. The second-order valence-electron chi connectivity index (χ2n) is 2.11. The lowest BCUT2D eigenvalue weighted by Gasteiger charge is -1.97. The van der Waals surface area contributed by atoms with Crippen molar-refractivity contribution in [2.75, 3.05) is 6.61 Å². The summed E-state index contributed by atoms with van der Waals surface area (Å²) in [4.78, 5) is 10.7. The van der Waals surface area contributed by atoms with Crippen molar-refractivity contribution >= 4 is 12.3 Å². The van der Waals surface area contributed by atoms with Gasteiger partial charge in [-0.05, 0) is 19.1 Å². The molecule has 1 aromatic rings. The van der Waals surface area contributed by atoms with Gasteiger partial charge in [0.25, 0.3) is 0 Å². The molecule has 13 heavy (non-hydrogen) atoms. The van der Waals surface area contributed by atoms with Gasteiger partial charge in [-0.3, -0.25) is 0 Å². The molecular weight excluding hydrogens is 172 g/mol. The Balaban J connectivity index is 2.30. The molecule has 0 atom stereocenters. The molecule has 0 radical (unpaired) electrons. The van der Waals surface area contributed by atoms with E-state index in [1.165, 1.54) is 12.5 Å². The minimum absolute atomic E-state index is 0.322. The number of nitrogens with one attached hydrogen (secondary N) is 1. The Labute approximate surface area is 75.4 Å². The van der Waals surface area contributed by atoms with Crippen LogP contribution in [-0.2, 0) is 4.74 Å². The third kappa shape index (κ3) is 3.42. The van der Waals surface area contributed by atoms with E-state index < -0.39 is 6.09 Å². The molecule has 0 fully saturated rings. The summed E-state index contributed by atoms with van der Waals surface area (Å²) >= 11 is 0. The monoisotopic (exact) mass is 182 g/mol. The number of hydrazone groups is 1. The van der Waals surface area contributed by atoms with Crippen LogP contribution in [0.15, 0.2) is 27.9 Å². The molecule has 0 aliphatic rings. The van der Waals surface area contributed by atoms with Gasteiger partial charge in [0, 0.05) is 0 Å². The molecule has 1 rings (SSSR count). The summed E-state index contributed by atoms with van der Waals surface area (Å²) in [5.41, 5.74) is 2.17. The topological polar surface area (TPSA) is 63.8 Å². The minimum atomic E-state index is -0.578. The van der Waals surface area contributed by atoms with Gasteiger partial charge >= 0.3 is 6.09 Å². The molecule has 1 heterocycles. The van der Waals surface area contributed by atoms with Gasteiger partial charge in [0.2, 0.25) is 0 Å². The summed E-state index contributed by atoms with van der Waals surface area (Å²) in [6.07, 6.45) is 2.33. The Morgan fingerprint density at radius 3 is 3.31 bits per heavy atom. The summed E-state index contributed by atoms with van der Waals surface area (Å²) in [6.45, 7) is 2.04. The van der Waals surface area contributed by atoms with Crippen LogP contribution in [0.2, 0.25) is 0 Å². The Hall–Kier alpha value is -1.78. The van der Waals surface area contributed by atoms with Crippen LogP contribution in [0.4, 0.5) is 4.79 Å². The van der Waals surface area contributed by atoms with Crippen LogP contribution in [0.1, 0.15) is 12.7 Å². The van der Waals surface area contributed by atoms with Crippen molar-refractivity contribution in [3.05, 3.63) is 24.2 Å². The van der Waals surface area contributed by atoms with E-state index >= 15 is 0 Å². The Kier molecular flexibility index (Phi) is 3.56. The second-order valence-corrected chi connectivity index (χ2v) is 2.11. The molecule has 0 saturated heterocycles. The van der Waals surface area contributed by atoms with Crippen LogP contribution in [-0.4, -0.2) is 18.9 Å². The zero-order valence-corrected chi connectivity index (χ0v) is 7.19. The molecule has 0 aromatic carbocycles. The van der Waals surface area contributed by atoms with Gasteiger partial charge in [-0.2, -0.15) is 5.10 Å². The molecule has 0 spiro atoms. The van der Waals surface area contributed by atoms with E-state index in [0.29, 0.717) is 12.4 Å². The Morgan fingerprint density at radius 1 is 1.85 bits per heavy atom. The Morgan fingerprint density at radius 2 is 2.69 bits per heavy atom. The third-order valence-corrected chi connectivity index (χ3v) is 1.17. The fourth-order valence-electron chi connectivity index (χ4n) is 0.677.